The van der Waals surface area contributed by atoms with Crippen molar-refractivity contribution < 1.29 is 0 Å². The maximum atomic E-state index is 5.80. The van der Waals surface area contributed by atoms with Crippen molar-refractivity contribution in [2.45, 2.75) is 58.4 Å². The van der Waals surface area contributed by atoms with E-state index in [2.05, 4.69) is 34.4 Å². The highest BCUT2D eigenvalue weighted by Gasteiger charge is 2.20. The molecule has 0 aromatic carbocycles. The lowest BCUT2D eigenvalue weighted by atomic mass is 9.97. The predicted octanol–water partition coefficient (Wildman–Crippen LogP) is 3.26. The zero-order valence-corrected chi connectivity index (χ0v) is 12.7. The lowest BCUT2D eigenvalue weighted by Crippen LogP contribution is -2.27. The quantitative estimate of drug-likeness (QED) is 0.720. The van der Waals surface area contributed by atoms with Crippen molar-refractivity contribution in [2.75, 3.05) is 22.9 Å². The van der Waals surface area contributed by atoms with Crippen molar-refractivity contribution in [1.82, 2.24) is 9.97 Å². The predicted molar refractivity (Wildman–Crippen MR) is 84.9 cm³/mol. The number of nitrogens with one attached hydrogen (secondary N) is 2. The van der Waals surface area contributed by atoms with E-state index in [1.807, 2.05) is 6.07 Å². The van der Waals surface area contributed by atoms with E-state index in [-0.39, 0.29) is 0 Å². The molecule has 20 heavy (non-hydrogen) atoms. The third-order valence-corrected chi connectivity index (χ3v) is 3.99. The van der Waals surface area contributed by atoms with E-state index in [1.165, 1.54) is 32.1 Å². The first-order chi connectivity index (χ1) is 9.69. The average Bonchev–Trinajstić information content (AvgIpc) is 2.61. The first-order valence-corrected chi connectivity index (χ1v) is 7.84. The molecule has 0 saturated heterocycles. The lowest BCUT2D eigenvalue weighted by Gasteiger charge is -2.23. The molecule has 0 radical (unpaired) electrons. The van der Waals surface area contributed by atoms with E-state index in [4.69, 9.17) is 5.73 Å². The average molecular weight is 277 g/mol. The molecular weight excluding hydrogens is 250 g/mol. The molecule has 1 aromatic rings. The third kappa shape index (κ3) is 4.25. The standard InChI is InChI=1S/C15H27N5/c1-3-9-17-13-10-14(20-15(16)19-13)18-12-8-6-4-5-7-11(12)2/h10-12H,3-9H2,1-2H3,(H4,16,17,18,19,20). The number of hydrogen-bond acceptors (Lipinski definition) is 5. The molecule has 0 spiro atoms. The molecule has 0 aliphatic heterocycles. The molecule has 1 aromatic heterocycles. The summed E-state index contributed by atoms with van der Waals surface area (Å²) in [5.74, 6) is 2.66. The highest BCUT2D eigenvalue weighted by molar-refractivity contribution is 5.51. The van der Waals surface area contributed by atoms with E-state index in [9.17, 15) is 0 Å². The van der Waals surface area contributed by atoms with Gasteiger partial charge in [0.2, 0.25) is 5.95 Å². The van der Waals surface area contributed by atoms with Crippen LogP contribution in [0.3, 0.4) is 0 Å². The smallest absolute Gasteiger partial charge is 0.223 e. The van der Waals surface area contributed by atoms with Crippen LogP contribution in [0.1, 0.15) is 52.4 Å². The van der Waals surface area contributed by atoms with Gasteiger partial charge in [0, 0.05) is 18.7 Å². The maximum absolute atomic E-state index is 5.80. The van der Waals surface area contributed by atoms with Crippen molar-refractivity contribution >= 4 is 17.6 Å². The molecule has 112 valence electrons. The lowest BCUT2D eigenvalue weighted by molar-refractivity contribution is 0.455. The van der Waals surface area contributed by atoms with Gasteiger partial charge in [0.15, 0.2) is 0 Å². The minimum Gasteiger partial charge on any atom is -0.370 e. The van der Waals surface area contributed by atoms with Crippen LogP contribution in [-0.2, 0) is 0 Å². The van der Waals surface area contributed by atoms with Gasteiger partial charge < -0.3 is 16.4 Å². The van der Waals surface area contributed by atoms with Crippen LogP contribution < -0.4 is 16.4 Å². The largest absolute Gasteiger partial charge is 0.370 e. The molecule has 2 atom stereocenters. The van der Waals surface area contributed by atoms with Crippen molar-refractivity contribution in [3.63, 3.8) is 0 Å². The molecule has 1 heterocycles. The maximum Gasteiger partial charge on any atom is 0.223 e. The van der Waals surface area contributed by atoms with Gasteiger partial charge in [-0.3, -0.25) is 0 Å². The molecule has 1 saturated carbocycles. The van der Waals surface area contributed by atoms with Crippen LogP contribution in [0.2, 0.25) is 0 Å². The second-order valence-electron chi connectivity index (χ2n) is 5.79. The summed E-state index contributed by atoms with van der Waals surface area (Å²) in [6.07, 6.45) is 7.55. The van der Waals surface area contributed by atoms with Gasteiger partial charge in [-0.25, -0.2) is 0 Å². The van der Waals surface area contributed by atoms with Crippen LogP contribution >= 0.6 is 0 Å². The molecule has 2 unspecified atom stereocenters. The molecule has 2 rings (SSSR count). The van der Waals surface area contributed by atoms with Gasteiger partial charge in [-0.15, -0.1) is 0 Å². The van der Waals surface area contributed by atoms with Gasteiger partial charge in [-0.05, 0) is 25.2 Å². The number of anilines is 3. The normalized spacial score (nSPS) is 23.1. The number of nitrogens with zero attached hydrogens (tertiary/aromatic N) is 2. The van der Waals surface area contributed by atoms with Crippen LogP contribution in [0.15, 0.2) is 6.07 Å². The van der Waals surface area contributed by atoms with Crippen LogP contribution in [0, 0.1) is 5.92 Å². The molecule has 1 fully saturated rings. The van der Waals surface area contributed by atoms with Gasteiger partial charge in [0.1, 0.15) is 11.6 Å². The van der Waals surface area contributed by atoms with Gasteiger partial charge in [0.25, 0.3) is 0 Å². The van der Waals surface area contributed by atoms with Crippen LogP contribution in [-0.4, -0.2) is 22.6 Å². The Morgan fingerprint density at radius 2 is 1.95 bits per heavy atom. The number of rotatable bonds is 5. The van der Waals surface area contributed by atoms with Gasteiger partial charge in [-0.1, -0.05) is 33.1 Å². The molecule has 1 aliphatic carbocycles. The first-order valence-electron chi connectivity index (χ1n) is 7.84. The molecule has 0 amide bonds. The summed E-state index contributed by atoms with van der Waals surface area (Å²) in [5, 5.41) is 6.82. The molecule has 5 heteroatoms. The third-order valence-electron chi connectivity index (χ3n) is 3.99. The topological polar surface area (TPSA) is 75.9 Å². The first kappa shape index (κ1) is 14.9. The zero-order chi connectivity index (χ0) is 14.4. The second kappa shape index (κ2) is 7.31. The van der Waals surface area contributed by atoms with E-state index < -0.39 is 0 Å². The fraction of sp³-hybridized carbons (Fsp3) is 0.733. The fourth-order valence-corrected chi connectivity index (χ4v) is 2.78. The summed E-state index contributed by atoms with van der Waals surface area (Å²) in [7, 11) is 0. The summed E-state index contributed by atoms with van der Waals surface area (Å²) in [6, 6.07) is 2.45. The Bertz CT molecular complexity index is 421. The van der Waals surface area contributed by atoms with E-state index >= 15 is 0 Å². The van der Waals surface area contributed by atoms with Gasteiger partial charge >= 0.3 is 0 Å². The highest BCUT2D eigenvalue weighted by Crippen LogP contribution is 2.26. The molecule has 4 N–H and O–H groups in total. The highest BCUT2D eigenvalue weighted by atomic mass is 15.1. The number of hydrogen-bond donors (Lipinski definition) is 3. The SMILES string of the molecule is CCCNc1cc(NC2CCCCCC2C)nc(N)n1. The number of aromatic nitrogens is 2. The molecule has 0 bridgehead atoms. The monoisotopic (exact) mass is 277 g/mol. The van der Waals surface area contributed by atoms with Crippen LogP contribution in [0.25, 0.3) is 0 Å². The van der Waals surface area contributed by atoms with Crippen molar-refractivity contribution in [1.29, 1.82) is 0 Å². The van der Waals surface area contributed by atoms with Crippen molar-refractivity contribution in [3.8, 4) is 0 Å². The minimum atomic E-state index is 0.329. The minimum absolute atomic E-state index is 0.329. The van der Waals surface area contributed by atoms with Crippen LogP contribution in [0.5, 0.6) is 0 Å². The Hall–Kier alpha value is -1.52. The Morgan fingerprint density at radius 3 is 2.75 bits per heavy atom. The van der Waals surface area contributed by atoms with E-state index in [0.717, 1.165) is 24.6 Å². The Morgan fingerprint density at radius 1 is 1.20 bits per heavy atom. The second-order valence-corrected chi connectivity index (χ2v) is 5.79. The number of nitrogen functional groups attached to an aromatic ring is 1. The van der Waals surface area contributed by atoms with Crippen LogP contribution in [0.4, 0.5) is 17.6 Å². The molecular formula is C15H27N5. The fourth-order valence-electron chi connectivity index (χ4n) is 2.78. The molecule has 1 aliphatic rings. The summed E-state index contributed by atoms with van der Waals surface area (Å²) in [6.45, 7) is 5.35. The molecule has 5 nitrogen and oxygen atoms in total. The number of nitrogens with two attached hydrogens (primary N) is 1. The summed E-state index contributed by atoms with van der Waals surface area (Å²) in [4.78, 5) is 8.53. The van der Waals surface area contributed by atoms with E-state index in [1.54, 1.807) is 0 Å². The van der Waals surface area contributed by atoms with Gasteiger partial charge in [0.05, 0.1) is 0 Å². The van der Waals surface area contributed by atoms with Gasteiger partial charge in [-0.2, -0.15) is 9.97 Å². The summed E-state index contributed by atoms with van der Waals surface area (Å²) < 4.78 is 0. The van der Waals surface area contributed by atoms with Crippen molar-refractivity contribution in [2.24, 2.45) is 5.92 Å². The zero-order valence-electron chi connectivity index (χ0n) is 12.7. The summed E-state index contributed by atoms with van der Waals surface area (Å²) in [5.41, 5.74) is 5.80. The Balaban J connectivity index is 2.05. The summed E-state index contributed by atoms with van der Waals surface area (Å²) >= 11 is 0. The Labute approximate surface area is 121 Å². The van der Waals surface area contributed by atoms with Crippen molar-refractivity contribution in [3.05, 3.63) is 6.07 Å². The van der Waals surface area contributed by atoms with E-state index in [0.29, 0.717) is 17.9 Å². The Kier molecular flexibility index (Phi) is 5.44.